The van der Waals surface area contributed by atoms with Gasteiger partial charge in [0.15, 0.2) is 0 Å². The van der Waals surface area contributed by atoms with Gasteiger partial charge in [-0.2, -0.15) is 0 Å². The normalized spacial score (nSPS) is 10.3. The van der Waals surface area contributed by atoms with Crippen molar-refractivity contribution >= 4 is 40.5 Å². The van der Waals surface area contributed by atoms with Crippen molar-refractivity contribution in [3.63, 3.8) is 0 Å². The number of anilines is 2. The molecule has 0 radical (unpaired) electrons. The van der Waals surface area contributed by atoms with E-state index in [2.05, 4.69) is 5.32 Å². The number of amides is 1. The van der Waals surface area contributed by atoms with Gasteiger partial charge >= 0.3 is 0 Å². The van der Waals surface area contributed by atoms with Gasteiger partial charge in [0.25, 0.3) is 5.91 Å². The molecule has 0 saturated heterocycles. The number of rotatable bonds is 2. The third-order valence-electron chi connectivity index (χ3n) is 2.44. The van der Waals surface area contributed by atoms with Crippen molar-refractivity contribution in [1.82, 2.24) is 0 Å². The number of carbonyl (C=O) groups is 1. The molecule has 0 atom stereocenters. The van der Waals surface area contributed by atoms with Crippen LogP contribution in [0, 0.1) is 5.82 Å². The SMILES string of the molecule is Nc1ccc(Cl)cc1C(=O)Nc1ccc(Cl)c(F)c1. The van der Waals surface area contributed by atoms with Crippen LogP contribution < -0.4 is 11.1 Å². The molecule has 0 aromatic heterocycles. The fourth-order valence-corrected chi connectivity index (χ4v) is 1.79. The molecule has 0 spiro atoms. The first-order valence-electron chi connectivity index (χ1n) is 5.29. The van der Waals surface area contributed by atoms with E-state index in [1.54, 1.807) is 6.07 Å². The van der Waals surface area contributed by atoms with Crippen molar-refractivity contribution in [3.05, 3.63) is 57.8 Å². The first-order valence-corrected chi connectivity index (χ1v) is 6.04. The number of nitrogens with two attached hydrogens (primary N) is 1. The molecule has 2 aromatic rings. The van der Waals surface area contributed by atoms with E-state index in [4.69, 9.17) is 28.9 Å². The number of hydrogen-bond acceptors (Lipinski definition) is 2. The van der Waals surface area contributed by atoms with Crippen LogP contribution in [0.5, 0.6) is 0 Å². The Hall–Kier alpha value is -1.78. The maximum Gasteiger partial charge on any atom is 0.257 e. The Labute approximate surface area is 119 Å². The van der Waals surface area contributed by atoms with Crippen LogP contribution in [0.25, 0.3) is 0 Å². The lowest BCUT2D eigenvalue weighted by Crippen LogP contribution is -2.14. The van der Waals surface area contributed by atoms with Gasteiger partial charge < -0.3 is 11.1 Å². The second-order valence-electron chi connectivity index (χ2n) is 3.81. The summed E-state index contributed by atoms with van der Waals surface area (Å²) in [5.74, 6) is -1.08. The Balaban J connectivity index is 2.25. The van der Waals surface area contributed by atoms with E-state index in [1.807, 2.05) is 0 Å². The molecule has 98 valence electrons. The standard InChI is InChI=1S/C13H9Cl2FN2O/c14-7-1-4-12(17)9(5-7)13(19)18-8-2-3-10(15)11(16)6-8/h1-6H,17H2,(H,18,19). The zero-order valence-electron chi connectivity index (χ0n) is 9.58. The second-order valence-corrected chi connectivity index (χ2v) is 4.66. The molecule has 3 nitrogen and oxygen atoms in total. The van der Waals surface area contributed by atoms with Crippen LogP contribution in [0.3, 0.4) is 0 Å². The molecule has 0 saturated carbocycles. The lowest BCUT2D eigenvalue weighted by molar-refractivity contribution is 0.102. The highest BCUT2D eigenvalue weighted by Gasteiger charge is 2.11. The third-order valence-corrected chi connectivity index (χ3v) is 2.98. The van der Waals surface area contributed by atoms with E-state index in [-0.39, 0.29) is 22.0 Å². The molecule has 0 fully saturated rings. The molecule has 0 aliphatic heterocycles. The number of hydrogen-bond donors (Lipinski definition) is 2. The summed E-state index contributed by atoms with van der Waals surface area (Å²) in [7, 11) is 0. The summed E-state index contributed by atoms with van der Waals surface area (Å²) in [4.78, 5) is 12.0. The number of carbonyl (C=O) groups excluding carboxylic acids is 1. The van der Waals surface area contributed by atoms with Crippen LogP contribution in [-0.2, 0) is 0 Å². The van der Waals surface area contributed by atoms with Crippen molar-refractivity contribution in [2.24, 2.45) is 0 Å². The first-order chi connectivity index (χ1) is 8.97. The fourth-order valence-electron chi connectivity index (χ4n) is 1.50. The van der Waals surface area contributed by atoms with Crippen LogP contribution in [0.4, 0.5) is 15.8 Å². The van der Waals surface area contributed by atoms with E-state index in [0.717, 1.165) is 6.07 Å². The lowest BCUT2D eigenvalue weighted by Gasteiger charge is -2.08. The van der Waals surface area contributed by atoms with Crippen molar-refractivity contribution in [2.75, 3.05) is 11.1 Å². The minimum atomic E-state index is -0.612. The van der Waals surface area contributed by atoms with E-state index in [1.165, 1.54) is 24.3 Å². The predicted octanol–water partition coefficient (Wildman–Crippen LogP) is 3.97. The first kappa shape index (κ1) is 13.6. The summed E-state index contributed by atoms with van der Waals surface area (Å²) in [5.41, 5.74) is 6.48. The van der Waals surface area contributed by atoms with Gasteiger partial charge in [-0.05, 0) is 36.4 Å². The largest absolute Gasteiger partial charge is 0.398 e. The summed E-state index contributed by atoms with van der Waals surface area (Å²) in [6.45, 7) is 0. The molecule has 0 aliphatic carbocycles. The highest BCUT2D eigenvalue weighted by Crippen LogP contribution is 2.22. The molecule has 19 heavy (non-hydrogen) atoms. The maximum atomic E-state index is 13.2. The number of nitrogen functional groups attached to an aromatic ring is 1. The molecule has 0 heterocycles. The van der Waals surface area contributed by atoms with Gasteiger partial charge in [0.1, 0.15) is 5.82 Å². The number of benzene rings is 2. The van der Waals surface area contributed by atoms with Crippen LogP contribution in [0.1, 0.15) is 10.4 Å². The number of halogens is 3. The zero-order chi connectivity index (χ0) is 14.0. The van der Waals surface area contributed by atoms with Crippen LogP contribution in [0.15, 0.2) is 36.4 Å². The van der Waals surface area contributed by atoms with Crippen molar-refractivity contribution in [3.8, 4) is 0 Å². The molecule has 2 rings (SSSR count). The fraction of sp³-hybridized carbons (Fsp3) is 0. The van der Waals surface area contributed by atoms with Gasteiger partial charge in [-0.15, -0.1) is 0 Å². The Morgan fingerprint density at radius 3 is 2.58 bits per heavy atom. The monoisotopic (exact) mass is 298 g/mol. The molecule has 0 unspecified atom stereocenters. The third kappa shape index (κ3) is 3.16. The smallest absolute Gasteiger partial charge is 0.257 e. The average Bonchev–Trinajstić information content (AvgIpc) is 2.36. The summed E-state index contributed by atoms with van der Waals surface area (Å²) in [5, 5.41) is 2.89. The molecule has 6 heteroatoms. The van der Waals surface area contributed by atoms with E-state index in [0.29, 0.717) is 5.02 Å². The summed E-state index contributed by atoms with van der Waals surface area (Å²) < 4.78 is 13.2. The van der Waals surface area contributed by atoms with Crippen LogP contribution in [-0.4, -0.2) is 5.91 Å². The molecule has 2 aromatic carbocycles. The summed E-state index contributed by atoms with van der Waals surface area (Å²) in [6, 6.07) is 8.52. The molecule has 1 amide bonds. The van der Waals surface area contributed by atoms with Crippen LogP contribution in [0.2, 0.25) is 10.0 Å². The zero-order valence-corrected chi connectivity index (χ0v) is 11.1. The molecular formula is C13H9Cl2FN2O. The number of nitrogens with one attached hydrogen (secondary N) is 1. The van der Waals surface area contributed by atoms with Crippen molar-refractivity contribution < 1.29 is 9.18 Å². The van der Waals surface area contributed by atoms with Gasteiger partial charge in [0.05, 0.1) is 10.6 Å². The molecule has 0 aliphatic rings. The molecular weight excluding hydrogens is 290 g/mol. The molecule has 0 bridgehead atoms. The van der Waals surface area contributed by atoms with Gasteiger partial charge in [0.2, 0.25) is 0 Å². The quantitative estimate of drug-likeness (QED) is 0.824. The molecule has 3 N–H and O–H groups in total. The Kier molecular flexibility index (Phi) is 3.93. The van der Waals surface area contributed by atoms with Gasteiger partial charge in [-0.1, -0.05) is 23.2 Å². The summed E-state index contributed by atoms with van der Waals surface area (Å²) in [6.07, 6.45) is 0. The minimum Gasteiger partial charge on any atom is -0.398 e. The van der Waals surface area contributed by atoms with Crippen molar-refractivity contribution in [2.45, 2.75) is 0 Å². The highest BCUT2D eigenvalue weighted by atomic mass is 35.5. The highest BCUT2D eigenvalue weighted by molar-refractivity contribution is 6.31. The van der Waals surface area contributed by atoms with Gasteiger partial charge in [-0.25, -0.2) is 4.39 Å². The minimum absolute atomic E-state index is 0.0136. The van der Waals surface area contributed by atoms with E-state index >= 15 is 0 Å². The van der Waals surface area contributed by atoms with Gasteiger partial charge in [0, 0.05) is 16.4 Å². The Morgan fingerprint density at radius 1 is 1.16 bits per heavy atom. The topological polar surface area (TPSA) is 55.1 Å². The Bertz CT molecular complexity index is 647. The maximum absolute atomic E-state index is 13.2. The van der Waals surface area contributed by atoms with Crippen LogP contribution >= 0.6 is 23.2 Å². The van der Waals surface area contributed by atoms with E-state index < -0.39 is 11.7 Å². The van der Waals surface area contributed by atoms with Crippen molar-refractivity contribution in [1.29, 1.82) is 0 Å². The predicted molar refractivity (Wildman–Crippen MR) is 75.2 cm³/mol. The summed E-state index contributed by atoms with van der Waals surface area (Å²) >= 11 is 11.4. The second kappa shape index (κ2) is 5.47. The van der Waals surface area contributed by atoms with E-state index in [9.17, 15) is 9.18 Å². The lowest BCUT2D eigenvalue weighted by atomic mass is 10.1. The average molecular weight is 299 g/mol. The Morgan fingerprint density at radius 2 is 1.89 bits per heavy atom. The van der Waals surface area contributed by atoms with Gasteiger partial charge in [-0.3, -0.25) is 4.79 Å².